The third-order valence-corrected chi connectivity index (χ3v) is 3.13. The van der Waals surface area contributed by atoms with Crippen molar-refractivity contribution in [2.24, 2.45) is 0 Å². The summed E-state index contributed by atoms with van der Waals surface area (Å²) >= 11 is 0. The lowest BCUT2D eigenvalue weighted by molar-refractivity contribution is 0.0154. The molecule has 0 aromatic heterocycles. The van der Waals surface area contributed by atoms with E-state index >= 15 is 0 Å². The van der Waals surface area contributed by atoms with Gasteiger partial charge in [-0.15, -0.1) is 0 Å². The molecule has 0 saturated carbocycles. The summed E-state index contributed by atoms with van der Waals surface area (Å²) in [6, 6.07) is 0. The van der Waals surface area contributed by atoms with Crippen LogP contribution < -0.4 is 0 Å². The Morgan fingerprint density at radius 2 is 2.36 bits per heavy atom. The second-order valence-corrected chi connectivity index (χ2v) is 4.76. The minimum Gasteiger partial charge on any atom is -0.376 e. The largest absolute Gasteiger partial charge is 0.376 e. The number of hydrogen-bond acceptors (Lipinski definition) is 2. The van der Waals surface area contributed by atoms with Gasteiger partial charge in [-0.1, -0.05) is 6.08 Å². The number of carbonyl (C=O) groups excluding carboxylic acids is 1. The van der Waals surface area contributed by atoms with Crippen molar-refractivity contribution in [1.82, 2.24) is 0 Å². The van der Waals surface area contributed by atoms with Gasteiger partial charge in [-0.2, -0.15) is 0 Å². The molecule has 1 atom stereocenters. The SMILES string of the molecule is O=[C]C=CC1([SiH3])CCCCO1. The quantitative estimate of drug-likeness (QED) is 0.427. The number of allylic oxidation sites excluding steroid dienone is 1. The third-order valence-electron chi connectivity index (χ3n) is 2.00. The molecule has 0 spiro atoms. The molecule has 1 radical (unpaired) electrons. The van der Waals surface area contributed by atoms with Crippen molar-refractivity contribution >= 4 is 16.5 Å². The van der Waals surface area contributed by atoms with Gasteiger partial charge >= 0.3 is 0 Å². The van der Waals surface area contributed by atoms with Crippen LogP contribution in [-0.4, -0.2) is 28.4 Å². The molecule has 0 N–H and O–H groups in total. The smallest absolute Gasteiger partial charge is 0.225 e. The van der Waals surface area contributed by atoms with Crippen molar-refractivity contribution in [2.45, 2.75) is 24.5 Å². The molecule has 61 valence electrons. The Morgan fingerprint density at radius 1 is 1.55 bits per heavy atom. The Balaban J connectivity index is 2.49. The lowest BCUT2D eigenvalue weighted by Gasteiger charge is -2.30. The van der Waals surface area contributed by atoms with Crippen LogP contribution in [0, 0.1) is 0 Å². The van der Waals surface area contributed by atoms with Gasteiger partial charge in [0.15, 0.2) is 0 Å². The molecular formula is C8H13O2Si. The van der Waals surface area contributed by atoms with Crippen LogP contribution in [0.5, 0.6) is 0 Å². The highest BCUT2D eigenvalue weighted by atomic mass is 28.1. The predicted octanol–water partition coefficient (Wildman–Crippen LogP) is -0.0855. The Labute approximate surface area is 70.0 Å². The molecular weight excluding hydrogens is 156 g/mol. The summed E-state index contributed by atoms with van der Waals surface area (Å²) in [5.41, 5.74) is 0. The summed E-state index contributed by atoms with van der Waals surface area (Å²) in [5, 5.41) is -0.0737. The molecule has 1 aliphatic heterocycles. The van der Waals surface area contributed by atoms with E-state index in [1.807, 2.05) is 6.08 Å². The first-order chi connectivity index (χ1) is 5.27. The van der Waals surface area contributed by atoms with Crippen molar-refractivity contribution in [3.8, 4) is 0 Å². The van der Waals surface area contributed by atoms with Gasteiger partial charge in [0.05, 0.1) is 5.22 Å². The second-order valence-electron chi connectivity index (χ2n) is 3.07. The first-order valence-corrected chi connectivity index (χ1v) is 4.96. The molecule has 0 aliphatic carbocycles. The monoisotopic (exact) mass is 169 g/mol. The highest BCUT2D eigenvalue weighted by Gasteiger charge is 2.23. The van der Waals surface area contributed by atoms with Crippen LogP contribution in [0.15, 0.2) is 12.2 Å². The van der Waals surface area contributed by atoms with E-state index in [2.05, 4.69) is 0 Å². The van der Waals surface area contributed by atoms with Crippen LogP contribution in [0.3, 0.4) is 0 Å². The fourth-order valence-corrected chi connectivity index (χ4v) is 2.02. The standard InChI is InChI=1S/C8H13O2Si/c9-6-3-5-8(11)4-1-2-7-10-8/h3,5H,1-2,4,7H2,11H3. The summed E-state index contributed by atoms with van der Waals surface area (Å²) in [6.07, 6.45) is 8.47. The number of ether oxygens (including phenoxy) is 1. The highest BCUT2D eigenvalue weighted by molar-refractivity contribution is 6.16. The molecule has 11 heavy (non-hydrogen) atoms. The molecule has 3 heteroatoms. The minimum atomic E-state index is -0.0737. The van der Waals surface area contributed by atoms with Crippen LogP contribution in [0.25, 0.3) is 0 Å². The summed E-state index contributed by atoms with van der Waals surface area (Å²) in [6.45, 7) is 0.840. The fourth-order valence-electron chi connectivity index (χ4n) is 1.30. The van der Waals surface area contributed by atoms with Gasteiger partial charge in [0, 0.05) is 16.8 Å². The Bertz CT molecular complexity index is 159. The van der Waals surface area contributed by atoms with Crippen LogP contribution in [0.4, 0.5) is 0 Å². The molecule has 1 aliphatic rings. The lowest BCUT2D eigenvalue weighted by atomic mass is 10.1. The van der Waals surface area contributed by atoms with Gasteiger partial charge in [0.25, 0.3) is 0 Å². The van der Waals surface area contributed by atoms with Crippen molar-refractivity contribution in [2.75, 3.05) is 6.61 Å². The van der Waals surface area contributed by atoms with Gasteiger partial charge < -0.3 is 4.74 Å². The normalized spacial score (nSPS) is 32.7. The van der Waals surface area contributed by atoms with Gasteiger partial charge in [0.1, 0.15) is 0 Å². The second kappa shape index (κ2) is 3.83. The zero-order valence-corrected chi connectivity index (χ0v) is 8.80. The maximum atomic E-state index is 9.94. The molecule has 1 heterocycles. The predicted molar refractivity (Wildman–Crippen MR) is 47.3 cm³/mol. The van der Waals surface area contributed by atoms with Crippen LogP contribution in [0.1, 0.15) is 19.3 Å². The zero-order chi connectivity index (χ0) is 8.16. The number of hydrogen-bond donors (Lipinski definition) is 0. The lowest BCUT2D eigenvalue weighted by Crippen LogP contribution is -2.34. The summed E-state index contributed by atoms with van der Waals surface area (Å²) in [7, 11) is 0.956. The Hall–Kier alpha value is -0.413. The summed E-state index contributed by atoms with van der Waals surface area (Å²) in [4.78, 5) is 9.94. The zero-order valence-electron chi connectivity index (χ0n) is 6.80. The maximum Gasteiger partial charge on any atom is 0.225 e. The van der Waals surface area contributed by atoms with E-state index in [4.69, 9.17) is 4.74 Å². The van der Waals surface area contributed by atoms with E-state index in [0.29, 0.717) is 0 Å². The third kappa shape index (κ3) is 2.59. The van der Waals surface area contributed by atoms with Crippen LogP contribution in [0.2, 0.25) is 0 Å². The molecule has 0 bridgehead atoms. The van der Waals surface area contributed by atoms with E-state index in [1.54, 1.807) is 6.29 Å². The Kier molecular flexibility index (Phi) is 3.02. The van der Waals surface area contributed by atoms with Crippen molar-refractivity contribution in [3.05, 3.63) is 12.2 Å². The maximum absolute atomic E-state index is 9.94. The Morgan fingerprint density at radius 3 is 2.91 bits per heavy atom. The topological polar surface area (TPSA) is 26.3 Å². The molecule has 0 aromatic rings. The molecule has 0 aromatic carbocycles. The fraction of sp³-hybridized carbons (Fsp3) is 0.625. The van der Waals surface area contributed by atoms with Crippen LogP contribution >= 0.6 is 0 Å². The number of rotatable bonds is 2. The van der Waals surface area contributed by atoms with Gasteiger partial charge in [-0.05, 0) is 25.3 Å². The van der Waals surface area contributed by atoms with Crippen LogP contribution in [-0.2, 0) is 9.53 Å². The average molecular weight is 169 g/mol. The van der Waals surface area contributed by atoms with Crippen molar-refractivity contribution in [1.29, 1.82) is 0 Å². The van der Waals surface area contributed by atoms with E-state index in [-0.39, 0.29) is 5.22 Å². The van der Waals surface area contributed by atoms with Crippen molar-refractivity contribution < 1.29 is 9.53 Å². The minimum absolute atomic E-state index is 0.0737. The van der Waals surface area contributed by atoms with E-state index in [0.717, 1.165) is 29.7 Å². The van der Waals surface area contributed by atoms with Gasteiger partial charge in [-0.25, -0.2) is 0 Å². The molecule has 1 fully saturated rings. The summed E-state index contributed by atoms with van der Waals surface area (Å²) < 4.78 is 5.56. The molecule has 1 rings (SSSR count). The van der Waals surface area contributed by atoms with Crippen molar-refractivity contribution in [3.63, 3.8) is 0 Å². The van der Waals surface area contributed by atoms with Gasteiger partial charge in [-0.3, -0.25) is 4.79 Å². The van der Waals surface area contributed by atoms with E-state index in [9.17, 15) is 4.79 Å². The molecule has 0 amide bonds. The van der Waals surface area contributed by atoms with E-state index in [1.165, 1.54) is 12.5 Å². The highest BCUT2D eigenvalue weighted by Crippen LogP contribution is 2.22. The first kappa shape index (κ1) is 8.68. The molecule has 2 nitrogen and oxygen atoms in total. The van der Waals surface area contributed by atoms with E-state index < -0.39 is 0 Å². The average Bonchev–Trinajstić information content (AvgIpc) is 2.03. The molecule has 1 unspecified atom stereocenters. The van der Waals surface area contributed by atoms with Gasteiger partial charge in [0.2, 0.25) is 6.29 Å². The molecule has 1 saturated heterocycles. The summed E-state index contributed by atoms with van der Waals surface area (Å²) in [5.74, 6) is 0. The first-order valence-electron chi connectivity index (χ1n) is 3.96.